The Balaban J connectivity index is 2.20. The van der Waals surface area contributed by atoms with Gasteiger partial charge in [0.25, 0.3) is 0 Å². The second kappa shape index (κ2) is 4.22. The van der Waals surface area contributed by atoms with Crippen LogP contribution in [0.5, 0.6) is 0 Å². The number of nitrogens with zero attached hydrogens (tertiary/aromatic N) is 1. The van der Waals surface area contributed by atoms with Crippen LogP contribution in [0.25, 0.3) is 0 Å². The topological polar surface area (TPSA) is 24.4 Å². The maximum Gasteiger partial charge on any atom is 0.166 e. The van der Waals surface area contributed by atoms with Crippen molar-refractivity contribution in [3.05, 3.63) is 40.8 Å². The highest BCUT2D eigenvalue weighted by atomic mass is 32.2. The summed E-state index contributed by atoms with van der Waals surface area (Å²) in [6.07, 6.45) is 0. The van der Waals surface area contributed by atoms with E-state index in [4.69, 9.17) is 0 Å². The van der Waals surface area contributed by atoms with Crippen molar-refractivity contribution in [2.75, 3.05) is 5.32 Å². The smallest absolute Gasteiger partial charge is 0.166 e. The van der Waals surface area contributed by atoms with E-state index in [9.17, 15) is 0 Å². The van der Waals surface area contributed by atoms with Gasteiger partial charge >= 0.3 is 0 Å². The van der Waals surface area contributed by atoms with Crippen LogP contribution in [0.4, 0.5) is 5.69 Å². The fourth-order valence-corrected chi connectivity index (χ4v) is 2.78. The van der Waals surface area contributed by atoms with Crippen LogP contribution >= 0.6 is 11.8 Å². The molecule has 0 aliphatic carbocycles. The van der Waals surface area contributed by atoms with E-state index < -0.39 is 0 Å². The van der Waals surface area contributed by atoms with Gasteiger partial charge in [-0.05, 0) is 51.0 Å². The van der Waals surface area contributed by atoms with Gasteiger partial charge < -0.3 is 5.32 Å². The van der Waals surface area contributed by atoms with E-state index in [0.717, 1.165) is 15.8 Å². The molecule has 1 aliphatic heterocycles. The Labute approximate surface area is 107 Å². The molecule has 90 valence electrons. The van der Waals surface area contributed by atoms with Crippen molar-refractivity contribution in [3.63, 3.8) is 0 Å². The van der Waals surface area contributed by atoms with E-state index in [1.165, 1.54) is 11.1 Å². The first kappa shape index (κ1) is 12.2. The highest BCUT2D eigenvalue weighted by Crippen LogP contribution is 2.37. The average molecular weight is 246 g/mol. The number of thioether (sulfide) groups is 1. The molecule has 1 heterocycles. The molecule has 0 unspecified atom stereocenters. The van der Waals surface area contributed by atoms with Crippen molar-refractivity contribution < 1.29 is 0 Å². The van der Waals surface area contributed by atoms with Gasteiger partial charge in [0, 0.05) is 10.6 Å². The standard InChI is InChI=1S/C14H18N2S/c1-9-6-10(2)8-12(7-9)15-13-16-14(4,5)11(3)17-13/h6-8H,3H2,1-2,4-5H3,(H,15,16). The maximum absolute atomic E-state index is 4.63. The monoisotopic (exact) mass is 246 g/mol. The van der Waals surface area contributed by atoms with Crippen LogP contribution in [-0.4, -0.2) is 10.7 Å². The third-order valence-corrected chi connectivity index (χ3v) is 3.89. The molecule has 2 nitrogen and oxygen atoms in total. The molecule has 0 saturated carbocycles. The van der Waals surface area contributed by atoms with Crippen molar-refractivity contribution in [3.8, 4) is 0 Å². The van der Waals surface area contributed by atoms with Crippen molar-refractivity contribution in [2.24, 2.45) is 4.99 Å². The molecule has 0 atom stereocenters. The molecule has 0 radical (unpaired) electrons. The Hall–Kier alpha value is -1.22. The van der Waals surface area contributed by atoms with Crippen LogP contribution in [0, 0.1) is 13.8 Å². The van der Waals surface area contributed by atoms with Crippen LogP contribution in [0.1, 0.15) is 25.0 Å². The molecule has 0 spiro atoms. The number of benzene rings is 1. The molecule has 0 amide bonds. The first-order chi connectivity index (χ1) is 7.87. The molecule has 1 N–H and O–H groups in total. The molecule has 1 aromatic rings. The summed E-state index contributed by atoms with van der Waals surface area (Å²) >= 11 is 1.62. The van der Waals surface area contributed by atoms with E-state index in [-0.39, 0.29) is 5.54 Å². The lowest BCUT2D eigenvalue weighted by molar-refractivity contribution is 0.657. The molecule has 0 fully saturated rings. The first-order valence-corrected chi connectivity index (χ1v) is 6.51. The quantitative estimate of drug-likeness (QED) is 0.806. The molecule has 0 bridgehead atoms. The van der Waals surface area contributed by atoms with Crippen molar-refractivity contribution >= 4 is 22.6 Å². The Morgan fingerprint density at radius 1 is 1.18 bits per heavy atom. The molecule has 3 heteroatoms. The van der Waals surface area contributed by atoms with E-state index in [1.807, 2.05) is 0 Å². The second-order valence-electron chi connectivity index (χ2n) is 5.00. The summed E-state index contributed by atoms with van der Waals surface area (Å²) in [5, 5.41) is 4.30. The minimum Gasteiger partial charge on any atom is -0.335 e. The van der Waals surface area contributed by atoms with Crippen LogP contribution in [0.2, 0.25) is 0 Å². The minimum absolute atomic E-state index is 0.161. The molecule has 1 aliphatic rings. The van der Waals surface area contributed by atoms with Gasteiger partial charge in [-0.3, -0.25) is 4.99 Å². The summed E-state index contributed by atoms with van der Waals surface area (Å²) < 4.78 is 0. The van der Waals surface area contributed by atoms with Gasteiger partial charge in [0.15, 0.2) is 5.17 Å². The van der Waals surface area contributed by atoms with Gasteiger partial charge in [0.1, 0.15) is 0 Å². The van der Waals surface area contributed by atoms with Crippen LogP contribution in [0.3, 0.4) is 0 Å². The van der Waals surface area contributed by atoms with Gasteiger partial charge in [0.2, 0.25) is 0 Å². The normalized spacial score (nSPS) is 18.1. The number of hydrogen-bond donors (Lipinski definition) is 1. The number of rotatable bonds is 1. The van der Waals surface area contributed by atoms with Gasteiger partial charge in [-0.1, -0.05) is 24.4 Å². The fourth-order valence-electron chi connectivity index (χ4n) is 1.80. The number of anilines is 1. The number of aliphatic imine (C=N–C) groups is 1. The Kier molecular flexibility index (Phi) is 3.04. The Morgan fingerprint density at radius 3 is 2.24 bits per heavy atom. The summed E-state index contributed by atoms with van der Waals surface area (Å²) in [5.41, 5.74) is 3.45. The molecule has 17 heavy (non-hydrogen) atoms. The second-order valence-corrected chi connectivity index (χ2v) is 6.09. The van der Waals surface area contributed by atoms with Crippen molar-refractivity contribution in [2.45, 2.75) is 33.2 Å². The highest BCUT2D eigenvalue weighted by molar-refractivity contribution is 8.17. The zero-order chi connectivity index (χ0) is 12.6. The van der Waals surface area contributed by atoms with Gasteiger partial charge in [0.05, 0.1) is 5.54 Å². The predicted octanol–water partition coefficient (Wildman–Crippen LogP) is 4.11. The zero-order valence-electron chi connectivity index (χ0n) is 10.8. The maximum atomic E-state index is 4.63. The van der Waals surface area contributed by atoms with Crippen LogP contribution < -0.4 is 5.32 Å². The van der Waals surface area contributed by atoms with E-state index in [2.05, 4.69) is 62.8 Å². The largest absolute Gasteiger partial charge is 0.335 e. The predicted molar refractivity (Wildman–Crippen MR) is 77.8 cm³/mol. The number of hydrogen-bond acceptors (Lipinski definition) is 3. The molecule has 1 aromatic carbocycles. The summed E-state index contributed by atoms with van der Waals surface area (Å²) in [6, 6.07) is 6.42. The molecular formula is C14H18N2S. The van der Waals surface area contributed by atoms with Crippen molar-refractivity contribution in [1.29, 1.82) is 0 Å². The first-order valence-electron chi connectivity index (χ1n) is 5.69. The van der Waals surface area contributed by atoms with Gasteiger partial charge in [-0.15, -0.1) is 0 Å². The van der Waals surface area contributed by atoms with Gasteiger partial charge in [-0.25, -0.2) is 0 Å². The Morgan fingerprint density at radius 2 is 1.76 bits per heavy atom. The van der Waals surface area contributed by atoms with E-state index in [1.54, 1.807) is 11.8 Å². The highest BCUT2D eigenvalue weighted by Gasteiger charge is 2.29. The van der Waals surface area contributed by atoms with Crippen molar-refractivity contribution in [1.82, 2.24) is 0 Å². The molecular weight excluding hydrogens is 228 g/mol. The summed E-state index contributed by atoms with van der Waals surface area (Å²) in [7, 11) is 0. The molecule has 2 rings (SSSR count). The third-order valence-electron chi connectivity index (χ3n) is 2.76. The SMILES string of the molecule is C=C1SC(Nc2cc(C)cc(C)c2)=NC1(C)C. The molecule has 0 saturated heterocycles. The average Bonchev–Trinajstić information content (AvgIpc) is 2.37. The summed E-state index contributed by atoms with van der Waals surface area (Å²) in [6.45, 7) is 12.4. The van der Waals surface area contributed by atoms with E-state index >= 15 is 0 Å². The summed E-state index contributed by atoms with van der Waals surface area (Å²) in [5.74, 6) is 0. The zero-order valence-corrected chi connectivity index (χ0v) is 11.6. The van der Waals surface area contributed by atoms with Crippen LogP contribution in [-0.2, 0) is 0 Å². The fraction of sp³-hybridized carbons (Fsp3) is 0.357. The van der Waals surface area contributed by atoms with Gasteiger partial charge in [-0.2, -0.15) is 0 Å². The lowest BCUT2D eigenvalue weighted by atomic mass is 10.1. The Bertz CT molecular complexity index is 481. The molecule has 0 aromatic heterocycles. The lowest BCUT2D eigenvalue weighted by Crippen LogP contribution is -2.13. The number of nitrogens with one attached hydrogen (secondary N) is 1. The number of amidine groups is 1. The lowest BCUT2D eigenvalue weighted by Gasteiger charge is -2.12. The van der Waals surface area contributed by atoms with Crippen LogP contribution in [0.15, 0.2) is 34.7 Å². The number of aryl methyl sites for hydroxylation is 2. The summed E-state index contributed by atoms with van der Waals surface area (Å²) in [4.78, 5) is 5.71. The minimum atomic E-state index is -0.161. The third kappa shape index (κ3) is 2.72. The van der Waals surface area contributed by atoms with E-state index in [0.29, 0.717) is 0 Å².